The molecule has 1 aromatic rings. The number of rotatable bonds is 7. The van der Waals surface area contributed by atoms with Crippen molar-refractivity contribution in [2.24, 2.45) is 10.9 Å². The summed E-state index contributed by atoms with van der Waals surface area (Å²) in [7, 11) is 1.69. The van der Waals surface area contributed by atoms with Gasteiger partial charge < -0.3 is 20.4 Å². The van der Waals surface area contributed by atoms with E-state index in [1.165, 1.54) is 25.7 Å². The number of amides is 1. The molecule has 1 saturated carbocycles. The third-order valence-electron chi connectivity index (χ3n) is 6.22. The van der Waals surface area contributed by atoms with Gasteiger partial charge in [0.05, 0.1) is 12.8 Å². The minimum Gasteiger partial charge on any atom is -0.469 e. The number of carbonyl (C=O) groups excluding carboxylic acids is 1. The summed E-state index contributed by atoms with van der Waals surface area (Å²) in [6.07, 6.45) is 9.70. The van der Waals surface area contributed by atoms with E-state index >= 15 is 0 Å². The number of aliphatic imine (C=N–C) groups is 1. The molecule has 0 spiro atoms. The maximum Gasteiger partial charge on any atom is 0.233 e. The molecule has 2 aliphatic rings. The molecule has 2 atom stereocenters. The van der Waals surface area contributed by atoms with Gasteiger partial charge in [0.2, 0.25) is 5.91 Å². The van der Waals surface area contributed by atoms with Gasteiger partial charge in [-0.1, -0.05) is 19.8 Å². The highest BCUT2D eigenvalue weighted by Gasteiger charge is 2.25. The number of hydrogen-bond donors (Lipinski definition) is 3. The molecule has 30 heavy (non-hydrogen) atoms. The summed E-state index contributed by atoms with van der Waals surface area (Å²) in [5, 5.41) is 10.1. The van der Waals surface area contributed by atoms with Crippen LogP contribution in [0.2, 0.25) is 0 Å². The summed E-state index contributed by atoms with van der Waals surface area (Å²) < 4.78 is 5.44. The number of hydrogen-bond acceptors (Lipinski definition) is 4. The Morgan fingerprint density at radius 2 is 1.97 bits per heavy atom. The molecule has 2 heterocycles. The number of nitrogens with one attached hydrogen (secondary N) is 3. The normalized spacial score (nSPS) is 23.5. The zero-order valence-electron chi connectivity index (χ0n) is 18.4. The Morgan fingerprint density at radius 3 is 2.63 bits per heavy atom. The van der Waals surface area contributed by atoms with Crippen LogP contribution < -0.4 is 16.0 Å². The Kier molecular flexibility index (Phi) is 11.0. The summed E-state index contributed by atoms with van der Waals surface area (Å²) in [5.41, 5.74) is 0. The fraction of sp³-hybridized carbons (Fsp3) is 0.727. The third kappa shape index (κ3) is 8.09. The minimum absolute atomic E-state index is 0. The summed E-state index contributed by atoms with van der Waals surface area (Å²) in [6.45, 7) is 5.41. The lowest BCUT2D eigenvalue weighted by molar-refractivity contribution is -0.122. The predicted octanol–water partition coefficient (Wildman–Crippen LogP) is 2.76. The lowest BCUT2D eigenvalue weighted by atomic mass is 9.86. The number of likely N-dealkylation sites (tertiary alicyclic amines) is 1. The Hall–Kier alpha value is -1.29. The molecular formula is C22H38IN5O2. The van der Waals surface area contributed by atoms with Crippen LogP contribution in [0.1, 0.15) is 51.2 Å². The van der Waals surface area contributed by atoms with Crippen LogP contribution >= 0.6 is 24.0 Å². The molecule has 0 radical (unpaired) electrons. The minimum atomic E-state index is 0. The molecule has 0 aromatic carbocycles. The molecule has 2 fully saturated rings. The van der Waals surface area contributed by atoms with Crippen LogP contribution in [-0.2, 0) is 11.2 Å². The number of halogens is 1. The van der Waals surface area contributed by atoms with Crippen molar-refractivity contribution in [1.82, 2.24) is 20.9 Å². The molecule has 2 unspecified atom stereocenters. The highest BCUT2D eigenvalue weighted by Crippen LogP contribution is 2.23. The van der Waals surface area contributed by atoms with Crippen LogP contribution in [0.5, 0.6) is 0 Å². The van der Waals surface area contributed by atoms with Crippen molar-refractivity contribution in [2.75, 3.05) is 33.2 Å². The molecule has 1 aliphatic carbocycles. The van der Waals surface area contributed by atoms with Crippen LogP contribution in [0, 0.1) is 5.92 Å². The average molecular weight is 531 g/mol. The molecular weight excluding hydrogens is 493 g/mol. The number of likely N-dealkylation sites (N-methyl/N-ethyl adjacent to an activating group) is 1. The maximum absolute atomic E-state index is 11.6. The predicted molar refractivity (Wildman–Crippen MR) is 131 cm³/mol. The number of guanidine groups is 1. The quantitative estimate of drug-likeness (QED) is 0.287. The summed E-state index contributed by atoms with van der Waals surface area (Å²) >= 11 is 0. The molecule has 3 N–H and O–H groups in total. The first-order valence-electron chi connectivity index (χ1n) is 11.2. The Labute approximate surface area is 197 Å². The first-order chi connectivity index (χ1) is 14.1. The molecule has 1 saturated heterocycles. The zero-order valence-corrected chi connectivity index (χ0v) is 20.7. The van der Waals surface area contributed by atoms with Crippen molar-refractivity contribution in [3.05, 3.63) is 24.2 Å². The van der Waals surface area contributed by atoms with E-state index in [4.69, 9.17) is 9.41 Å². The summed E-state index contributed by atoms with van der Waals surface area (Å²) in [4.78, 5) is 18.7. The first kappa shape index (κ1) is 25.0. The standard InChI is InChI=1S/C22H37N5O2.HI/c1-17-6-3-4-8-20(17)26-22(24-12-9-19-7-5-15-29-19)25-18-10-13-27(14-11-18)16-21(28)23-2;/h5,7,15,17-18,20H,3-4,6,8-14,16H2,1-2H3,(H,23,28)(H2,24,25,26);1H. The van der Waals surface area contributed by atoms with E-state index in [2.05, 4.69) is 27.8 Å². The SMILES string of the molecule is CNC(=O)CN1CCC(NC(=NCCc2ccco2)NC2CCCCC2C)CC1.I. The molecule has 1 aromatic heterocycles. The smallest absolute Gasteiger partial charge is 0.233 e. The highest BCUT2D eigenvalue weighted by atomic mass is 127. The fourth-order valence-electron chi connectivity index (χ4n) is 4.28. The maximum atomic E-state index is 11.6. The van der Waals surface area contributed by atoms with Crippen molar-refractivity contribution < 1.29 is 9.21 Å². The number of carbonyl (C=O) groups is 1. The Morgan fingerprint density at radius 1 is 1.20 bits per heavy atom. The van der Waals surface area contributed by atoms with Gasteiger partial charge in [0.15, 0.2) is 5.96 Å². The van der Waals surface area contributed by atoms with Crippen molar-refractivity contribution >= 4 is 35.8 Å². The second kappa shape index (κ2) is 13.2. The van der Waals surface area contributed by atoms with Crippen molar-refractivity contribution in [1.29, 1.82) is 0 Å². The van der Waals surface area contributed by atoms with Crippen molar-refractivity contribution in [3.8, 4) is 0 Å². The Balaban J connectivity index is 0.00000320. The lowest BCUT2D eigenvalue weighted by Crippen LogP contribution is -2.53. The highest BCUT2D eigenvalue weighted by molar-refractivity contribution is 14.0. The molecule has 170 valence electrons. The van der Waals surface area contributed by atoms with Gasteiger partial charge in [0.1, 0.15) is 5.76 Å². The summed E-state index contributed by atoms with van der Waals surface area (Å²) in [6, 6.07) is 4.81. The van der Waals surface area contributed by atoms with Crippen molar-refractivity contribution in [3.63, 3.8) is 0 Å². The fourth-order valence-corrected chi connectivity index (χ4v) is 4.28. The van der Waals surface area contributed by atoms with Gasteiger partial charge >= 0.3 is 0 Å². The van der Waals surface area contributed by atoms with Gasteiger partial charge in [-0.3, -0.25) is 14.7 Å². The van der Waals surface area contributed by atoms with E-state index in [1.807, 2.05) is 12.1 Å². The van der Waals surface area contributed by atoms with Crippen LogP contribution in [0.3, 0.4) is 0 Å². The van der Waals surface area contributed by atoms with E-state index in [9.17, 15) is 4.79 Å². The zero-order chi connectivity index (χ0) is 20.5. The number of nitrogens with zero attached hydrogens (tertiary/aromatic N) is 2. The summed E-state index contributed by atoms with van der Waals surface area (Å²) in [5.74, 6) is 2.67. The molecule has 0 bridgehead atoms. The molecule has 7 nitrogen and oxygen atoms in total. The largest absolute Gasteiger partial charge is 0.469 e. The van der Waals surface area contributed by atoms with Gasteiger partial charge in [-0.15, -0.1) is 24.0 Å². The van der Waals surface area contributed by atoms with E-state index in [0.29, 0.717) is 31.1 Å². The second-order valence-corrected chi connectivity index (χ2v) is 8.44. The van der Waals surface area contributed by atoms with Gasteiger partial charge in [0, 0.05) is 45.2 Å². The van der Waals surface area contributed by atoms with Crippen LogP contribution in [-0.4, -0.2) is 62.1 Å². The van der Waals surface area contributed by atoms with Crippen molar-refractivity contribution in [2.45, 2.75) is 64.0 Å². The van der Waals surface area contributed by atoms with Gasteiger partial charge in [-0.05, 0) is 43.7 Å². The molecule has 1 aliphatic heterocycles. The third-order valence-corrected chi connectivity index (χ3v) is 6.22. The lowest BCUT2D eigenvalue weighted by Gasteiger charge is -2.35. The molecule has 3 rings (SSSR count). The molecule has 1 amide bonds. The van der Waals surface area contributed by atoms with E-state index in [0.717, 1.165) is 44.1 Å². The van der Waals surface area contributed by atoms with E-state index in [1.54, 1.807) is 13.3 Å². The van der Waals surface area contributed by atoms with Crippen LogP contribution in [0.4, 0.5) is 0 Å². The van der Waals surface area contributed by atoms with Crippen LogP contribution in [0.25, 0.3) is 0 Å². The van der Waals surface area contributed by atoms with Gasteiger partial charge in [0.25, 0.3) is 0 Å². The van der Waals surface area contributed by atoms with Crippen LogP contribution in [0.15, 0.2) is 27.8 Å². The first-order valence-corrected chi connectivity index (χ1v) is 11.2. The van der Waals surface area contributed by atoms with E-state index in [-0.39, 0.29) is 29.9 Å². The number of furan rings is 1. The monoisotopic (exact) mass is 531 g/mol. The Bertz CT molecular complexity index is 644. The number of piperidine rings is 1. The topological polar surface area (TPSA) is 81.9 Å². The van der Waals surface area contributed by atoms with Gasteiger partial charge in [-0.25, -0.2) is 0 Å². The second-order valence-electron chi connectivity index (χ2n) is 8.44. The van der Waals surface area contributed by atoms with Gasteiger partial charge in [-0.2, -0.15) is 0 Å². The average Bonchev–Trinajstić information content (AvgIpc) is 3.24. The van der Waals surface area contributed by atoms with E-state index < -0.39 is 0 Å². The molecule has 8 heteroatoms.